The minimum absolute atomic E-state index is 0. The smallest absolute Gasteiger partial charge is 0.452 e. The lowest BCUT2D eigenvalue weighted by atomic mass is 9.72. The Balaban J connectivity index is 0.00000661. The number of carbonyl (C=O) groups is 1. The van der Waals surface area contributed by atoms with Crippen LogP contribution in [0.2, 0.25) is 0 Å². The van der Waals surface area contributed by atoms with E-state index < -0.39 is 28.9 Å². The minimum Gasteiger partial charge on any atom is -0.452 e. The predicted molar refractivity (Wildman–Crippen MR) is 238 cm³/mol. The number of nitrogens with zero attached hydrogens (tertiary/aromatic N) is 2. The van der Waals surface area contributed by atoms with E-state index in [-0.39, 0.29) is 36.1 Å². The summed E-state index contributed by atoms with van der Waals surface area (Å²) in [4.78, 5) is 18.5. The standard InChI is InChI=1S/C49H76N2O7.ClH/c1-46(39-19-11-7-12-20-39,55-41-27-23-37(24-28-41)43(35-50(3)4)48(53)31-15-9-16-32-48)57-45(52)58-47(2,40-21-13-8-14-22-40)56-42-29-25-38(26-30-42)44(36-51(5)6)49(54)33-17-10-18-34-49;/h23-30,39-40,43-44,53-54H,7-22,31-36H2,1-6H3;1H. The SMILES string of the molecule is CN(C)CC(c1ccc(OC(C)(OC(=O)OC(C)(Oc2ccc(C(CN(C)C)C3(O)CCCCC3)cc2)C2CCCCC2)C2CCCCC2)cc1)C1(O)CCCCC1.Cl. The van der Waals surface area contributed by atoms with Crippen LogP contribution in [0, 0.1) is 11.8 Å². The first-order valence-corrected chi connectivity index (χ1v) is 22.9. The summed E-state index contributed by atoms with van der Waals surface area (Å²) in [6.07, 6.45) is 19.1. The van der Waals surface area contributed by atoms with Crippen LogP contribution in [0.1, 0.15) is 165 Å². The summed E-state index contributed by atoms with van der Waals surface area (Å²) in [5, 5.41) is 23.6. The Morgan fingerprint density at radius 2 is 0.881 bits per heavy atom. The first-order chi connectivity index (χ1) is 27.7. The van der Waals surface area contributed by atoms with E-state index in [0.717, 1.165) is 140 Å². The van der Waals surface area contributed by atoms with Crippen molar-refractivity contribution < 1.29 is 34.0 Å². The Labute approximate surface area is 362 Å². The predicted octanol–water partition coefficient (Wildman–Crippen LogP) is 11.0. The van der Waals surface area contributed by atoms with Crippen molar-refractivity contribution in [2.24, 2.45) is 11.8 Å². The molecule has 2 aromatic carbocycles. The molecule has 9 nitrogen and oxygen atoms in total. The topological polar surface area (TPSA) is 101 Å². The van der Waals surface area contributed by atoms with Crippen LogP contribution in [0.5, 0.6) is 11.5 Å². The van der Waals surface area contributed by atoms with Gasteiger partial charge in [-0.2, -0.15) is 0 Å². The molecular weight excluding hydrogens is 764 g/mol. The second-order valence-corrected chi connectivity index (χ2v) is 19.5. The molecule has 0 heterocycles. The van der Waals surface area contributed by atoms with Crippen LogP contribution < -0.4 is 9.47 Å². The Bertz CT molecular complexity index is 1450. The molecule has 2 N–H and O–H groups in total. The van der Waals surface area contributed by atoms with Crippen molar-refractivity contribution in [3.63, 3.8) is 0 Å². The van der Waals surface area contributed by atoms with Crippen molar-refractivity contribution in [1.82, 2.24) is 9.80 Å². The summed E-state index contributed by atoms with van der Waals surface area (Å²) in [5.74, 6) is -1.27. The Hall–Kier alpha value is -2.56. The van der Waals surface area contributed by atoms with Crippen LogP contribution in [0.15, 0.2) is 48.5 Å². The van der Waals surface area contributed by atoms with Crippen molar-refractivity contribution in [2.75, 3.05) is 41.3 Å². The van der Waals surface area contributed by atoms with Crippen LogP contribution in [-0.2, 0) is 9.47 Å². The lowest BCUT2D eigenvalue weighted by Crippen LogP contribution is -2.50. The third kappa shape index (κ3) is 12.3. The molecule has 4 unspecified atom stereocenters. The molecule has 4 fully saturated rings. The molecule has 0 spiro atoms. The van der Waals surface area contributed by atoms with Gasteiger partial charge in [0.1, 0.15) is 11.5 Å². The molecule has 0 aliphatic heterocycles. The second kappa shape index (κ2) is 21.0. The quantitative estimate of drug-likeness (QED) is 0.126. The third-order valence-corrected chi connectivity index (χ3v) is 14.3. The van der Waals surface area contributed by atoms with Gasteiger partial charge in [0.2, 0.25) is 0 Å². The highest BCUT2D eigenvalue weighted by Crippen LogP contribution is 2.44. The average molecular weight is 842 g/mol. The molecule has 6 rings (SSSR count). The molecule has 0 radical (unpaired) electrons. The summed E-state index contributed by atoms with van der Waals surface area (Å²) in [7, 11) is 8.26. The maximum absolute atomic E-state index is 14.2. The zero-order valence-electron chi connectivity index (χ0n) is 37.2. The highest BCUT2D eigenvalue weighted by molar-refractivity contribution is 5.85. The molecule has 4 saturated carbocycles. The van der Waals surface area contributed by atoms with Gasteiger partial charge in [0.05, 0.1) is 11.2 Å². The third-order valence-electron chi connectivity index (χ3n) is 14.3. The highest BCUT2D eigenvalue weighted by Gasteiger charge is 2.47. The van der Waals surface area contributed by atoms with E-state index in [1.807, 2.05) is 38.1 Å². The Kier molecular flexibility index (Phi) is 16.9. The van der Waals surface area contributed by atoms with Crippen molar-refractivity contribution in [2.45, 2.75) is 177 Å². The van der Waals surface area contributed by atoms with Gasteiger partial charge in [0.15, 0.2) is 0 Å². The fraction of sp³-hybridized carbons (Fsp3) is 0.735. The van der Waals surface area contributed by atoms with Gasteiger partial charge >= 0.3 is 6.16 Å². The molecule has 0 bridgehead atoms. The second-order valence-electron chi connectivity index (χ2n) is 19.5. The van der Waals surface area contributed by atoms with E-state index in [9.17, 15) is 15.0 Å². The van der Waals surface area contributed by atoms with E-state index in [1.54, 1.807) is 0 Å². The molecule has 4 aliphatic carbocycles. The van der Waals surface area contributed by atoms with Crippen molar-refractivity contribution in [1.29, 1.82) is 0 Å². The minimum atomic E-state index is -1.25. The van der Waals surface area contributed by atoms with Gasteiger partial charge in [0, 0.05) is 50.6 Å². The first-order valence-electron chi connectivity index (χ1n) is 22.9. The van der Waals surface area contributed by atoms with Crippen molar-refractivity contribution >= 4 is 18.6 Å². The highest BCUT2D eigenvalue weighted by atomic mass is 35.5. The van der Waals surface area contributed by atoms with Gasteiger partial charge in [-0.25, -0.2) is 4.79 Å². The Morgan fingerprint density at radius 1 is 0.576 bits per heavy atom. The van der Waals surface area contributed by atoms with Crippen LogP contribution in [0.4, 0.5) is 4.79 Å². The molecule has 0 saturated heterocycles. The first kappa shape index (κ1) is 47.5. The molecule has 59 heavy (non-hydrogen) atoms. The number of ether oxygens (including phenoxy) is 4. The zero-order chi connectivity index (χ0) is 41.4. The number of carbonyl (C=O) groups excluding carboxylic acids is 1. The molecule has 10 heteroatoms. The number of halogens is 1. The van der Waals surface area contributed by atoms with Crippen molar-refractivity contribution in [3.05, 3.63) is 59.7 Å². The lowest BCUT2D eigenvalue weighted by Gasteiger charge is -2.42. The lowest BCUT2D eigenvalue weighted by molar-refractivity contribution is -0.229. The van der Waals surface area contributed by atoms with Gasteiger partial charge in [-0.1, -0.05) is 101 Å². The average Bonchev–Trinajstić information content (AvgIpc) is 3.21. The fourth-order valence-corrected chi connectivity index (χ4v) is 10.9. The number of rotatable bonds is 16. The normalized spacial score (nSPS) is 23.2. The molecule has 2 aromatic rings. The van der Waals surface area contributed by atoms with E-state index in [2.05, 4.69) is 62.3 Å². The summed E-state index contributed by atoms with van der Waals surface area (Å²) in [6, 6.07) is 16.2. The summed E-state index contributed by atoms with van der Waals surface area (Å²) in [5.41, 5.74) is 0.734. The Morgan fingerprint density at radius 3 is 1.19 bits per heavy atom. The van der Waals surface area contributed by atoms with Crippen LogP contribution in [0.3, 0.4) is 0 Å². The largest absolute Gasteiger partial charge is 0.514 e. The van der Waals surface area contributed by atoms with E-state index in [1.165, 1.54) is 12.8 Å². The van der Waals surface area contributed by atoms with E-state index in [0.29, 0.717) is 11.5 Å². The monoisotopic (exact) mass is 841 g/mol. The van der Waals surface area contributed by atoms with Crippen molar-refractivity contribution in [3.8, 4) is 11.5 Å². The van der Waals surface area contributed by atoms with Gasteiger partial charge in [-0.3, -0.25) is 0 Å². The maximum Gasteiger partial charge on any atom is 0.514 e. The van der Waals surface area contributed by atoms with Gasteiger partial charge in [-0.15, -0.1) is 12.4 Å². The molecule has 332 valence electrons. The molecule has 4 atom stereocenters. The summed E-state index contributed by atoms with van der Waals surface area (Å²) < 4.78 is 26.2. The molecular formula is C49H77ClN2O7. The van der Waals surface area contributed by atoms with Gasteiger partial charge in [-0.05, 0) is 115 Å². The summed E-state index contributed by atoms with van der Waals surface area (Å²) in [6.45, 7) is 5.30. The number of benzene rings is 2. The number of hydrogen-bond donors (Lipinski definition) is 2. The van der Waals surface area contributed by atoms with Crippen LogP contribution in [0.25, 0.3) is 0 Å². The maximum atomic E-state index is 14.2. The number of likely N-dealkylation sites (N-methyl/N-ethyl adjacent to an activating group) is 2. The fourth-order valence-electron chi connectivity index (χ4n) is 10.9. The number of aliphatic hydroxyl groups is 2. The summed E-state index contributed by atoms with van der Waals surface area (Å²) >= 11 is 0. The van der Waals surface area contributed by atoms with Crippen LogP contribution >= 0.6 is 12.4 Å². The van der Waals surface area contributed by atoms with Gasteiger partial charge < -0.3 is 39.0 Å². The molecule has 4 aliphatic rings. The van der Waals surface area contributed by atoms with E-state index in [4.69, 9.17) is 18.9 Å². The molecule has 0 aromatic heterocycles. The van der Waals surface area contributed by atoms with E-state index >= 15 is 0 Å². The van der Waals surface area contributed by atoms with Gasteiger partial charge in [0.25, 0.3) is 11.6 Å². The number of hydrogen-bond acceptors (Lipinski definition) is 9. The molecule has 0 amide bonds. The zero-order valence-corrected chi connectivity index (χ0v) is 38.0. The van der Waals surface area contributed by atoms with Crippen LogP contribution in [-0.4, -0.2) is 90.2 Å².